The SMILES string of the molecule is O=C(NC1CCN(C(=O)C2(c3ccc(Cl)cc3)CCC2)CC1)c1ccsc1. The van der Waals surface area contributed by atoms with Gasteiger partial charge in [-0.05, 0) is 54.8 Å². The molecule has 1 saturated heterocycles. The maximum Gasteiger partial charge on any atom is 0.252 e. The van der Waals surface area contributed by atoms with E-state index in [4.69, 9.17) is 11.6 Å². The number of rotatable bonds is 4. The molecular formula is C21H23ClN2O2S. The van der Waals surface area contributed by atoms with Crippen molar-refractivity contribution in [3.8, 4) is 0 Å². The molecule has 1 saturated carbocycles. The van der Waals surface area contributed by atoms with Crippen LogP contribution in [0.4, 0.5) is 0 Å². The molecule has 142 valence electrons. The van der Waals surface area contributed by atoms with Crippen LogP contribution in [-0.4, -0.2) is 35.8 Å². The number of nitrogens with zero attached hydrogens (tertiary/aromatic N) is 1. The van der Waals surface area contributed by atoms with Crippen LogP contribution in [-0.2, 0) is 10.2 Å². The predicted molar refractivity (Wildman–Crippen MR) is 108 cm³/mol. The first-order valence-corrected chi connectivity index (χ1v) is 10.8. The second-order valence-corrected chi connectivity index (χ2v) is 8.71. The zero-order chi connectivity index (χ0) is 18.9. The molecule has 4 nitrogen and oxygen atoms in total. The lowest BCUT2D eigenvalue weighted by Crippen LogP contribution is -2.55. The molecule has 2 aromatic rings. The minimum atomic E-state index is -0.378. The molecule has 6 heteroatoms. The minimum absolute atomic E-state index is 0.0161. The van der Waals surface area contributed by atoms with Gasteiger partial charge in [0.2, 0.25) is 5.91 Å². The standard InChI is InChI=1S/C21H23ClN2O2S/c22-17-4-2-16(3-5-17)21(9-1-10-21)20(26)24-11-6-18(7-12-24)23-19(25)15-8-13-27-14-15/h2-5,8,13-14,18H,1,6-7,9-12H2,(H,23,25). The number of thiophene rings is 1. The predicted octanol–water partition coefficient (Wildman–Crippen LogP) is 4.24. The lowest BCUT2D eigenvalue weighted by atomic mass is 9.63. The number of halogens is 1. The van der Waals surface area contributed by atoms with E-state index in [9.17, 15) is 9.59 Å². The summed E-state index contributed by atoms with van der Waals surface area (Å²) in [5.74, 6) is 0.219. The number of likely N-dealkylation sites (tertiary alicyclic amines) is 1. The summed E-state index contributed by atoms with van der Waals surface area (Å²) in [6, 6.07) is 9.70. The Morgan fingerprint density at radius 3 is 2.37 bits per heavy atom. The topological polar surface area (TPSA) is 49.4 Å². The molecule has 0 atom stereocenters. The van der Waals surface area contributed by atoms with Gasteiger partial charge in [-0.2, -0.15) is 11.3 Å². The zero-order valence-corrected chi connectivity index (χ0v) is 16.7. The highest BCUT2D eigenvalue weighted by molar-refractivity contribution is 7.08. The number of hydrogen-bond acceptors (Lipinski definition) is 3. The summed E-state index contributed by atoms with van der Waals surface area (Å²) in [7, 11) is 0. The first-order valence-electron chi connectivity index (χ1n) is 9.47. The molecule has 0 bridgehead atoms. The Kier molecular flexibility index (Phi) is 5.24. The molecule has 2 fully saturated rings. The second kappa shape index (κ2) is 7.64. The number of piperidine rings is 1. The van der Waals surface area contributed by atoms with Crippen LogP contribution >= 0.6 is 22.9 Å². The van der Waals surface area contributed by atoms with Crippen LogP contribution in [0, 0.1) is 0 Å². The fourth-order valence-corrected chi connectivity index (χ4v) is 4.88. The van der Waals surface area contributed by atoms with Crippen LogP contribution in [0.2, 0.25) is 5.02 Å². The number of carbonyl (C=O) groups excluding carboxylic acids is 2. The molecule has 0 radical (unpaired) electrons. The van der Waals surface area contributed by atoms with Gasteiger partial charge in [0, 0.05) is 35.1 Å². The Balaban J connectivity index is 1.38. The molecule has 0 spiro atoms. The normalized spacial score (nSPS) is 19.4. The van der Waals surface area contributed by atoms with Crippen LogP contribution in [0.25, 0.3) is 0 Å². The van der Waals surface area contributed by atoms with Crippen molar-refractivity contribution < 1.29 is 9.59 Å². The lowest BCUT2D eigenvalue weighted by molar-refractivity contribution is -0.142. The second-order valence-electron chi connectivity index (χ2n) is 7.49. The van der Waals surface area contributed by atoms with Crippen molar-refractivity contribution in [3.63, 3.8) is 0 Å². The van der Waals surface area contributed by atoms with Gasteiger partial charge >= 0.3 is 0 Å². The van der Waals surface area contributed by atoms with Gasteiger partial charge in [0.05, 0.1) is 5.41 Å². The summed E-state index contributed by atoms with van der Waals surface area (Å²) in [5, 5.41) is 7.57. The van der Waals surface area contributed by atoms with E-state index in [2.05, 4.69) is 5.32 Å². The van der Waals surface area contributed by atoms with Crippen LogP contribution in [0.5, 0.6) is 0 Å². The van der Waals surface area contributed by atoms with Crippen molar-refractivity contribution in [2.75, 3.05) is 13.1 Å². The molecule has 1 aromatic heterocycles. The molecule has 2 heterocycles. The van der Waals surface area contributed by atoms with E-state index < -0.39 is 0 Å². The van der Waals surface area contributed by atoms with E-state index in [0.29, 0.717) is 18.1 Å². The van der Waals surface area contributed by atoms with Crippen LogP contribution in [0.3, 0.4) is 0 Å². The first kappa shape index (κ1) is 18.5. The van der Waals surface area contributed by atoms with Gasteiger partial charge in [0.15, 0.2) is 0 Å². The zero-order valence-electron chi connectivity index (χ0n) is 15.1. The van der Waals surface area contributed by atoms with E-state index in [1.165, 1.54) is 11.3 Å². The molecule has 2 amide bonds. The van der Waals surface area contributed by atoms with E-state index >= 15 is 0 Å². The van der Waals surface area contributed by atoms with E-state index in [1.54, 1.807) is 0 Å². The number of amides is 2. The summed E-state index contributed by atoms with van der Waals surface area (Å²) >= 11 is 7.54. The van der Waals surface area contributed by atoms with Crippen molar-refractivity contribution in [1.82, 2.24) is 10.2 Å². The molecule has 1 N–H and O–H groups in total. The Labute approximate surface area is 168 Å². The number of carbonyl (C=O) groups is 2. The summed E-state index contributed by atoms with van der Waals surface area (Å²) < 4.78 is 0. The Bertz CT molecular complexity index is 807. The van der Waals surface area contributed by atoms with Crippen molar-refractivity contribution in [2.45, 2.75) is 43.6 Å². The van der Waals surface area contributed by atoms with Crippen molar-refractivity contribution in [3.05, 3.63) is 57.2 Å². The first-order chi connectivity index (χ1) is 13.1. The van der Waals surface area contributed by atoms with Crippen molar-refractivity contribution in [2.24, 2.45) is 0 Å². The van der Waals surface area contributed by atoms with E-state index in [-0.39, 0.29) is 23.3 Å². The van der Waals surface area contributed by atoms with Gasteiger partial charge in [-0.25, -0.2) is 0 Å². The highest BCUT2D eigenvalue weighted by Gasteiger charge is 2.48. The van der Waals surface area contributed by atoms with Crippen molar-refractivity contribution in [1.29, 1.82) is 0 Å². The third kappa shape index (κ3) is 3.63. The number of nitrogens with one attached hydrogen (secondary N) is 1. The third-order valence-corrected chi connectivity index (χ3v) is 6.85. The Morgan fingerprint density at radius 2 is 1.81 bits per heavy atom. The lowest BCUT2D eigenvalue weighted by Gasteiger charge is -2.45. The average Bonchev–Trinajstić information content (AvgIpc) is 3.18. The Morgan fingerprint density at radius 1 is 1.11 bits per heavy atom. The smallest absolute Gasteiger partial charge is 0.252 e. The average molecular weight is 403 g/mol. The summed E-state index contributed by atoms with van der Waals surface area (Å²) in [6.45, 7) is 1.39. The van der Waals surface area contributed by atoms with E-state index in [0.717, 1.165) is 43.2 Å². The largest absolute Gasteiger partial charge is 0.349 e. The van der Waals surface area contributed by atoms with Gasteiger partial charge < -0.3 is 10.2 Å². The van der Waals surface area contributed by atoms with Gasteiger partial charge in [-0.15, -0.1) is 0 Å². The number of benzene rings is 1. The quantitative estimate of drug-likeness (QED) is 0.831. The fraction of sp³-hybridized carbons (Fsp3) is 0.429. The van der Waals surface area contributed by atoms with Gasteiger partial charge in [0.25, 0.3) is 5.91 Å². The van der Waals surface area contributed by atoms with Crippen molar-refractivity contribution >= 4 is 34.8 Å². The molecule has 0 unspecified atom stereocenters. The summed E-state index contributed by atoms with van der Waals surface area (Å²) in [4.78, 5) is 27.5. The highest BCUT2D eigenvalue weighted by atomic mass is 35.5. The van der Waals surface area contributed by atoms with Gasteiger partial charge in [-0.3, -0.25) is 9.59 Å². The van der Waals surface area contributed by atoms with Gasteiger partial charge in [0.1, 0.15) is 0 Å². The molecule has 27 heavy (non-hydrogen) atoms. The van der Waals surface area contributed by atoms with Crippen LogP contribution in [0.15, 0.2) is 41.1 Å². The molecular weight excluding hydrogens is 380 g/mol. The monoisotopic (exact) mass is 402 g/mol. The summed E-state index contributed by atoms with van der Waals surface area (Å²) in [5.41, 5.74) is 1.42. The Hall–Kier alpha value is -1.85. The highest BCUT2D eigenvalue weighted by Crippen LogP contribution is 2.45. The molecule has 1 aliphatic heterocycles. The molecule has 4 rings (SSSR count). The fourth-order valence-electron chi connectivity index (χ4n) is 4.12. The van der Waals surface area contributed by atoms with Crippen LogP contribution in [0.1, 0.15) is 48.0 Å². The third-order valence-electron chi connectivity index (χ3n) is 5.91. The molecule has 1 aliphatic carbocycles. The molecule has 2 aliphatic rings. The molecule has 1 aromatic carbocycles. The summed E-state index contributed by atoms with van der Waals surface area (Å²) in [6.07, 6.45) is 4.50. The number of hydrogen-bond donors (Lipinski definition) is 1. The van der Waals surface area contributed by atoms with Gasteiger partial charge in [-0.1, -0.05) is 30.2 Å². The van der Waals surface area contributed by atoms with E-state index in [1.807, 2.05) is 46.0 Å². The maximum atomic E-state index is 13.3. The van der Waals surface area contributed by atoms with Crippen LogP contribution < -0.4 is 5.32 Å². The maximum absolute atomic E-state index is 13.3. The minimum Gasteiger partial charge on any atom is -0.349 e.